The summed E-state index contributed by atoms with van der Waals surface area (Å²) in [6, 6.07) is 11.6. The van der Waals surface area contributed by atoms with E-state index in [-0.39, 0.29) is 17.6 Å². The predicted octanol–water partition coefficient (Wildman–Crippen LogP) is 4.64. The van der Waals surface area contributed by atoms with E-state index in [1.165, 1.54) is 12.1 Å². The van der Waals surface area contributed by atoms with Crippen LogP contribution in [-0.4, -0.2) is 29.1 Å². The lowest BCUT2D eigenvalue weighted by Crippen LogP contribution is -2.38. The summed E-state index contributed by atoms with van der Waals surface area (Å²) in [5.74, 6) is -0.187. The standard InChI is InChI=1S/C19H16ClFN2O2/c20-16-4-2-1-3-14(16)19(24)23-9-7-12(8-10-23)18-15-6-5-13(21)11-17(15)25-22-18/h1-6,11-12H,7-10H2. The fourth-order valence-corrected chi connectivity index (χ4v) is 3.60. The zero-order valence-electron chi connectivity index (χ0n) is 13.4. The van der Waals surface area contributed by atoms with E-state index in [2.05, 4.69) is 5.16 Å². The van der Waals surface area contributed by atoms with Crippen molar-refractivity contribution >= 4 is 28.5 Å². The van der Waals surface area contributed by atoms with Crippen LogP contribution in [0.2, 0.25) is 5.02 Å². The Kier molecular flexibility index (Phi) is 4.17. The van der Waals surface area contributed by atoms with Gasteiger partial charge in [0, 0.05) is 30.5 Å². The van der Waals surface area contributed by atoms with Crippen LogP contribution < -0.4 is 0 Å². The van der Waals surface area contributed by atoms with E-state index in [1.54, 1.807) is 18.2 Å². The third-order valence-electron chi connectivity index (χ3n) is 4.74. The number of aromatic nitrogens is 1. The lowest BCUT2D eigenvalue weighted by molar-refractivity contribution is 0.0712. The van der Waals surface area contributed by atoms with E-state index in [1.807, 2.05) is 17.0 Å². The number of hydrogen-bond donors (Lipinski definition) is 0. The van der Waals surface area contributed by atoms with Gasteiger partial charge >= 0.3 is 0 Å². The molecule has 0 unspecified atom stereocenters. The van der Waals surface area contributed by atoms with E-state index in [0.717, 1.165) is 23.9 Å². The van der Waals surface area contributed by atoms with Crippen LogP contribution in [0.25, 0.3) is 11.0 Å². The molecule has 0 N–H and O–H groups in total. The summed E-state index contributed by atoms with van der Waals surface area (Å²) in [6.07, 6.45) is 1.57. The number of carbonyl (C=O) groups is 1. The van der Waals surface area contributed by atoms with Gasteiger partial charge in [0.2, 0.25) is 0 Å². The molecule has 128 valence electrons. The fraction of sp³-hybridized carbons (Fsp3) is 0.263. The number of likely N-dealkylation sites (tertiary alicyclic amines) is 1. The van der Waals surface area contributed by atoms with Gasteiger partial charge in [-0.3, -0.25) is 4.79 Å². The Balaban J connectivity index is 1.49. The van der Waals surface area contributed by atoms with Gasteiger partial charge in [0.05, 0.1) is 16.3 Å². The normalized spacial score (nSPS) is 15.7. The van der Waals surface area contributed by atoms with Crippen molar-refractivity contribution in [2.24, 2.45) is 0 Å². The molecule has 0 atom stereocenters. The Morgan fingerprint density at radius 3 is 2.72 bits per heavy atom. The molecular formula is C19H16ClFN2O2. The molecule has 1 amide bonds. The molecule has 4 nitrogen and oxygen atoms in total. The molecule has 0 radical (unpaired) electrons. The number of rotatable bonds is 2. The van der Waals surface area contributed by atoms with Crippen molar-refractivity contribution < 1.29 is 13.7 Å². The molecule has 1 fully saturated rings. The molecule has 0 bridgehead atoms. The number of piperidine rings is 1. The van der Waals surface area contributed by atoms with Gasteiger partial charge in [-0.1, -0.05) is 28.9 Å². The first-order valence-corrected chi connectivity index (χ1v) is 8.60. The van der Waals surface area contributed by atoms with Gasteiger partial charge in [-0.05, 0) is 37.1 Å². The minimum Gasteiger partial charge on any atom is -0.356 e. The van der Waals surface area contributed by atoms with E-state index in [4.69, 9.17) is 16.1 Å². The Labute approximate surface area is 149 Å². The fourth-order valence-electron chi connectivity index (χ4n) is 3.39. The lowest BCUT2D eigenvalue weighted by Gasteiger charge is -2.31. The molecule has 1 saturated heterocycles. The topological polar surface area (TPSA) is 46.3 Å². The third-order valence-corrected chi connectivity index (χ3v) is 5.06. The summed E-state index contributed by atoms with van der Waals surface area (Å²) in [5.41, 5.74) is 1.84. The molecule has 1 aliphatic heterocycles. The molecule has 2 heterocycles. The summed E-state index contributed by atoms with van der Waals surface area (Å²) in [6.45, 7) is 1.26. The van der Waals surface area contributed by atoms with Crippen molar-refractivity contribution in [1.82, 2.24) is 10.1 Å². The third kappa shape index (κ3) is 3.00. The van der Waals surface area contributed by atoms with Crippen LogP contribution in [0.3, 0.4) is 0 Å². The monoisotopic (exact) mass is 358 g/mol. The molecule has 1 aliphatic rings. The summed E-state index contributed by atoms with van der Waals surface area (Å²) >= 11 is 6.13. The number of benzene rings is 2. The van der Waals surface area contributed by atoms with Gasteiger partial charge in [-0.25, -0.2) is 4.39 Å². The van der Waals surface area contributed by atoms with Gasteiger partial charge in [0.1, 0.15) is 5.82 Å². The van der Waals surface area contributed by atoms with Gasteiger partial charge in [-0.2, -0.15) is 0 Å². The van der Waals surface area contributed by atoms with Crippen molar-refractivity contribution in [3.63, 3.8) is 0 Å². The Hall–Kier alpha value is -2.40. The summed E-state index contributed by atoms with van der Waals surface area (Å²) < 4.78 is 18.5. The van der Waals surface area contributed by atoms with Crippen molar-refractivity contribution in [3.05, 3.63) is 64.6 Å². The largest absolute Gasteiger partial charge is 0.356 e. The second-order valence-electron chi connectivity index (χ2n) is 6.25. The minimum atomic E-state index is -0.338. The first kappa shape index (κ1) is 16.1. The Morgan fingerprint density at radius 2 is 1.96 bits per heavy atom. The first-order valence-electron chi connectivity index (χ1n) is 8.22. The summed E-state index contributed by atoms with van der Waals surface area (Å²) in [5, 5.41) is 5.45. The van der Waals surface area contributed by atoms with Crippen LogP contribution in [0.5, 0.6) is 0 Å². The highest BCUT2D eigenvalue weighted by molar-refractivity contribution is 6.33. The second-order valence-corrected chi connectivity index (χ2v) is 6.66. The highest BCUT2D eigenvalue weighted by atomic mass is 35.5. The number of nitrogens with zero attached hydrogens (tertiary/aromatic N) is 2. The van der Waals surface area contributed by atoms with Gasteiger partial charge < -0.3 is 9.42 Å². The minimum absolute atomic E-state index is 0.0452. The average molecular weight is 359 g/mol. The average Bonchev–Trinajstić information content (AvgIpc) is 3.04. The van der Waals surface area contributed by atoms with Crippen LogP contribution in [0.1, 0.15) is 34.8 Å². The van der Waals surface area contributed by atoms with E-state index in [9.17, 15) is 9.18 Å². The molecule has 25 heavy (non-hydrogen) atoms. The Morgan fingerprint density at radius 1 is 1.20 bits per heavy atom. The molecule has 2 aromatic carbocycles. The van der Waals surface area contributed by atoms with E-state index in [0.29, 0.717) is 29.3 Å². The maximum absolute atomic E-state index is 13.3. The van der Waals surface area contributed by atoms with Crippen molar-refractivity contribution in [1.29, 1.82) is 0 Å². The van der Waals surface area contributed by atoms with Gasteiger partial charge in [0.15, 0.2) is 5.58 Å². The lowest BCUT2D eigenvalue weighted by atomic mass is 9.91. The first-order chi connectivity index (χ1) is 12.1. The van der Waals surface area contributed by atoms with Crippen molar-refractivity contribution in [2.45, 2.75) is 18.8 Å². The Bertz CT molecular complexity index is 932. The number of hydrogen-bond acceptors (Lipinski definition) is 3. The SMILES string of the molecule is O=C(c1ccccc1Cl)N1CCC(c2noc3cc(F)ccc23)CC1. The zero-order valence-corrected chi connectivity index (χ0v) is 14.2. The number of fused-ring (bicyclic) bond motifs is 1. The van der Waals surface area contributed by atoms with Crippen molar-refractivity contribution in [3.8, 4) is 0 Å². The number of amides is 1. The highest BCUT2D eigenvalue weighted by Gasteiger charge is 2.28. The molecule has 0 spiro atoms. The molecular weight excluding hydrogens is 343 g/mol. The number of halogens is 2. The van der Waals surface area contributed by atoms with Crippen LogP contribution in [0, 0.1) is 5.82 Å². The molecule has 0 aliphatic carbocycles. The molecule has 1 aromatic heterocycles. The van der Waals surface area contributed by atoms with Gasteiger partial charge in [0.25, 0.3) is 5.91 Å². The number of carbonyl (C=O) groups excluding carboxylic acids is 1. The summed E-state index contributed by atoms with van der Waals surface area (Å²) in [7, 11) is 0. The van der Waals surface area contributed by atoms with Crippen LogP contribution >= 0.6 is 11.6 Å². The predicted molar refractivity (Wildman–Crippen MR) is 93.3 cm³/mol. The van der Waals surface area contributed by atoms with E-state index >= 15 is 0 Å². The molecule has 0 saturated carbocycles. The van der Waals surface area contributed by atoms with Gasteiger partial charge in [-0.15, -0.1) is 0 Å². The quantitative estimate of drug-likeness (QED) is 0.670. The van der Waals surface area contributed by atoms with Crippen LogP contribution in [-0.2, 0) is 0 Å². The smallest absolute Gasteiger partial charge is 0.255 e. The maximum atomic E-state index is 13.3. The van der Waals surface area contributed by atoms with Crippen LogP contribution in [0.4, 0.5) is 4.39 Å². The second kappa shape index (κ2) is 6.48. The molecule has 4 rings (SSSR count). The molecule has 3 aromatic rings. The highest BCUT2D eigenvalue weighted by Crippen LogP contribution is 2.33. The van der Waals surface area contributed by atoms with Crippen LogP contribution in [0.15, 0.2) is 47.0 Å². The summed E-state index contributed by atoms with van der Waals surface area (Å²) in [4.78, 5) is 14.4. The molecule has 6 heteroatoms. The van der Waals surface area contributed by atoms with Crippen molar-refractivity contribution in [2.75, 3.05) is 13.1 Å². The van der Waals surface area contributed by atoms with E-state index < -0.39 is 0 Å². The maximum Gasteiger partial charge on any atom is 0.255 e. The zero-order chi connectivity index (χ0) is 17.4.